The molecule has 0 aliphatic heterocycles. The summed E-state index contributed by atoms with van der Waals surface area (Å²) in [7, 11) is 2.80. The minimum Gasteiger partial charge on any atom is -0.508 e. The zero-order chi connectivity index (χ0) is 24.8. The highest BCUT2D eigenvalue weighted by Crippen LogP contribution is 2.57. The number of fused-ring (bicyclic) bond motifs is 3. The van der Waals surface area contributed by atoms with Crippen LogP contribution in [-0.2, 0) is 20.0 Å². The topological polar surface area (TPSA) is 202 Å². The maximum Gasteiger partial charge on any atom is 0.255 e. The fourth-order valence-corrected chi connectivity index (χ4v) is 5.60. The number of phenols is 1. The lowest BCUT2D eigenvalue weighted by molar-refractivity contribution is -0.181. The highest BCUT2D eigenvalue weighted by molar-refractivity contribution is 6.24. The molecule has 6 atom stereocenters. The highest BCUT2D eigenvalue weighted by Gasteiger charge is 2.70. The van der Waals surface area contributed by atoms with Gasteiger partial charge in [-0.3, -0.25) is 19.3 Å². The van der Waals surface area contributed by atoms with E-state index in [1.54, 1.807) is 0 Å². The second-order valence-corrected chi connectivity index (χ2v) is 9.06. The summed E-state index contributed by atoms with van der Waals surface area (Å²) >= 11 is 0. The Morgan fingerprint density at radius 3 is 2.24 bits per heavy atom. The van der Waals surface area contributed by atoms with Crippen molar-refractivity contribution in [1.82, 2.24) is 4.90 Å². The number of nitrogens with zero attached hydrogens (tertiary/aromatic N) is 1. The van der Waals surface area contributed by atoms with Crippen LogP contribution >= 0.6 is 12.4 Å². The quantitative estimate of drug-likeness (QED) is 0.249. The van der Waals surface area contributed by atoms with Gasteiger partial charge in [0, 0.05) is 0 Å². The molecule has 11 nitrogen and oxygen atoms in total. The molecule has 4 rings (SSSR count). The Kier molecular flexibility index (Phi) is 5.88. The Bertz CT molecular complexity index is 1190. The van der Waals surface area contributed by atoms with E-state index >= 15 is 0 Å². The SMILES string of the molecule is CN(C)C1C(=O)C(C(N)=O)=C(O)[C@@]2(O)C(=O)C3=C(O)c4c(O)cccc4[C@](C)(O)C3C(O)C12.Cl. The number of carbonyl (C=O) groups excluding carboxylic acids is 3. The maximum atomic E-state index is 13.7. The van der Waals surface area contributed by atoms with Gasteiger partial charge in [-0.2, -0.15) is 0 Å². The molecule has 3 aliphatic rings. The normalized spacial score (nSPS) is 34.9. The van der Waals surface area contributed by atoms with Crippen LogP contribution in [0.25, 0.3) is 5.76 Å². The van der Waals surface area contributed by atoms with E-state index in [0.29, 0.717) is 0 Å². The summed E-state index contributed by atoms with van der Waals surface area (Å²) in [5, 5.41) is 66.3. The Balaban J connectivity index is 0.00000324. The fraction of sp³-hybridized carbons (Fsp3) is 0.409. The van der Waals surface area contributed by atoms with E-state index in [0.717, 1.165) is 0 Å². The zero-order valence-electron chi connectivity index (χ0n) is 18.4. The van der Waals surface area contributed by atoms with E-state index in [-0.39, 0.29) is 23.5 Å². The lowest BCUT2D eigenvalue weighted by Gasteiger charge is -2.55. The van der Waals surface area contributed by atoms with Gasteiger partial charge in [0.1, 0.15) is 22.8 Å². The minimum absolute atomic E-state index is 0. The number of halogens is 1. The summed E-state index contributed by atoms with van der Waals surface area (Å²) in [5.74, 6) is -9.67. The summed E-state index contributed by atoms with van der Waals surface area (Å²) < 4.78 is 0. The van der Waals surface area contributed by atoms with Gasteiger partial charge in [0.05, 0.1) is 40.7 Å². The number of primary amides is 1. The van der Waals surface area contributed by atoms with E-state index < -0.39 is 81.1 Å². The van der Waals surface area contributed by atoms with Crippen LogP contribution in [0.15, 0.2) is 35.1 Å². The number of aromatic hydroxyl groups is 1. The third-order valence-electron chi connectivity index (χ3n) is 7.03. The molecule has 34 heavy (non-hydrogen) atoms. The molecule has 4 unspecified atom stereocenters. The number of carbonyl (C=O) groups is 3. The molecule has 8 N–H and O–H groups in total. The van der Waals surface area contributed by atoms with Crippen molar-refractivity contribution in [1.29, 1.82) is 0 Å². The first-order valence-corrected chi connectivity index (χ1v) is 10.1. The molecule has 0 bridgehead atoms. The van der Waals surface area contributed by atoms with Gasteiger partial charge in [-0.1, -0.05) is 12.1 Å². The molecule has 0 heterocycles. The Morgan fingerprint density at radius 1 is 1.12 bits per heavy atom. The predicted molar refractivity (Wildman–Crippen MR) is 119 cm³/mol. The zero-order valence-corrected chi connectivity index (χ0v) is 19.2. The average molecular weight is 497 g/mol. The maximum absolute atomic E-state index is 13.7. The van der Waals surface area contributed by atoms with Gasteiger partial charge in [0.25, 0.3) is 5.91 Å². The molecule has 0 aromatic heterocycles. The van der Waals surface area contributed by atoms with Crippen molar-refractivity contribution in [3.05, 3.63) is 46.2 Å². The van der Waals surface area contributed by atoms with Gasteiger partial charge in [0.2, 0.25) is 5.78 Å². The molecular formula is C22H25ClN2O9. The van der Waals surface area contributed by atoms with E-state index in [2.05, 4.69) is 0 Å². The molecule has 1 aromatic rings. The lowest BCUT2D eigenvalue weighted by atomic mass is 9.53. The van der Waals surface area contributed by atoms with Crippen LogP contribution in [0.3, 0.4) is 0 Å². The number of Topliss-reactive ketones (excluding diaryl/α,β-unsaturated/α-hetero) is 2. The summed E-state index contributed by atoms with van der Waals surface area (Å²) in [4.78, 5) is 39.9. The van der Waals surface area contributed by atoms with Gasteiger partial charge in [-0.25, -0.2) is 0 Å². The van der Waals surface area contributed by atoms with E-state index in [1.807, 2.05) is 0 Å². The van der Waals surface area contributed by atoms with Crippen LogP contribution in [-0.4, -0.2) is 84.9 Å². The molecule has 0 saturated heterocycles. The molecule has 1 aromatic carbocycles. The number of aliphatic hydroxyl groups is 5. The molecule has 1 amide bonds. The van der Waals surface area contributed by atoms with Crippen LogP contribution in [0.5, 0.6) is 5.75 Å². The first-order chi connectivity index (χ1) is 15.2. The number of phenolic OH excluding ortho intramolecular Hbond substituents is 1. The number of hydrogen-bond acceptors (Lipinski definition) is 10. The summed E-state index contributed by atoms with van der Waals surface area (Å²) in [6, 6.07) is 2.50. The number of hydrogen-bond donors (Lipinski definition) is 7. The number of ketones is 2. The monoisotopic (exact) mass is 496 g/mol. The first-order valence-electron chi connectivity index (χ1n) is 10.1. The van der Waals surface area contributed by atoms with E-state index in [9.17, 15) is 45.0 Å². The predicted octanol–water partition coefficient (Wildman–Crippen LogP) is -0.978. The number of rotatable bonds is 2. The number of amides is 1. The van der Waals surface area contributed by atoms with Crippen molar-refractivity contribution in [2.45, 2.75) is 30.3 Å². The Hall–Kier alpha value is -2.96. The highest BCUT2D eigenvalue weighted by atomic mass is 35.5. The van der Waals surface area contributed by atoms with Gasteiger partial charge in [-0.05, 0) is 32.6 Å². The van der Waals surface area contributed by atoms with Crippen molar-refractivity contribution < 1.29 is 45.0 Å². The van der Waals surface area contributed by atoms with Gasteiger partial charge < -0.3 is 36.4 Å². The number of likely N-dealkylation sites (N-methyl/N-ethyl adjacent to an activating group) is 1. The van der Waals surface area contributed by atoms with Crippen LogP contribution in [0.2, 0.25) is 0 Å². The Morgan fingerprint density at radius 2 is 1.71 bits per heavy atom. The molecule has 184 valence electrons. The van der Waals surface area contributed by atoms with E-state index in [1.165, 1.54) is 44.1 Å². The van der Waals surface area contributed by atoms with Gasteiger partial charge in [-0.15, -0.1) is 12.4 Å². The second kappa shape index (κ2) is 7.79. The standard InChI is InChI=1S/C22H24N2O9.ClH/c1-21(32)7-5-4-6-8(25)9(7)15(26)10-12(21)17(28)13-14(24(2)3)16(27)11(20(23)31)19(30)22(13,33)18(10)29;/h4-6,12-14,17,25-26,28,30,32-33H,1-3H3,(H2,23,31);1H/t12?,13?,14?,17?,21-,22-;/m0./s1. The van der Waals surface area contributed by atoms with Gasteiger partial charge in [0.15, 0.2) is 11.4 Å². The average Bonchev–Trinajstić information content (AvgIpc) is 2.70. The van der Waals surface area contributed by atoms with Gasteiger partial charge >= 0.3 is 0 Å². The Labute approximate surface area is 199 Å². The summed E-state index contributed by atoms with van der Waals surface area (Å²) in [6.07, 6.45) is -1.87. The molecule has 1 saturated carbocycles. The largest absolute Gasteiger partial charge is 0.508 e. The molecule has 3 aliphatic carbocycles. The number of benzene rings is 1. The molecule has 0 spiro atoms. The second-order valence-electron chi connectivity index (χ2n) is 9.06. The molecule has 0 radical (unpaired) electrons. The fourth-order valence-electron chi connectivity index (χ4n) is 5.60. The molecule has 12 heteroatoms. The van der Waals surface area contributed by atoms with Crippen LogP contribution in [0.1, 0.15) is 18.1 Å². The van der Waals surface area contributed by atoms with Crippen molar-refractivity contribution in [3.8, 4) is 5.75 Å². The number of nitrogens with two attached hydrogens (primary N) is 1. The first kappa shape index (κ1) is 25.7. The van der Waals surface area contributed by atoms with Crippen LogP contribution in [0, 0.1) is 11.8 Å². The van der Waals surface area contributed by atoms with Crippen molar-refractivity contribution in [3.63, 3.8) is 0 Å². The number of aliphatic hydroxyl groups excluding tert-OH is 3. The third-order valence-corrected chi connectivity index (χ3v) is 7.03. The summed E-state index contributed by atoms with van der Waals surface area (Å²) in [6.45, 7) is 1.25. The summed E-state index contributed by atoms with van der Waals surface area (Å²) in [5.41, 5.74) is -1.78. The molecular weight excluding hydrogens is 472 g/mol. The van der Waals surface area contributed by atoms with Crippen molar-refractivity contribution in [2.75, 3.05) is 14.1 Å². The van der Waals surface area contributed by atoms with Crippen molar-refractivity contribution in [2.24, 2.45) is 17.6 Å². The minimum atomic E-state index is -3.02. The molecule has 1 fully saturated rings. The van der Waals surface area contributed by atoms with Crippen LogP contribution < -0.4 is 5.73 Å². The third kappa shape index (κ3) is 2.88. The van der Waals surface area contributed by atoms with Crippen molar-refractivity contribution >= 4 is 35.6 Å². The van der Waals surface area contributed by atoms with Crippen LogP contribution in [0.4, 0.5) is 0 Å². The lowest BCUT2D eigenvalue weighted by Crippen LogP contribution is -2.71. The van der Waals surface area contributed by atoms with E-state index in [4.69, 9.17) is 5.73 Å². The smallest absolute Gasteiger partial charge is 0.255 e.